The molecule has 2 rings (SSSR count). The fourth-order valence-corrected chi connectivity index (χ4v) is 1.87. The molecule has 0 atom stereocenters. The van der Waals surface area contributed by atoms with Gasteiger partial charge in [-0.2, -0.15) is 13.2 Å². The third kappa shape index (κ3) is 4.34. The van der Waals surface area contributed by atoms with Gasteiger partial charge in [0.15, 0.2) is 0 Å². The highest BCUT2D eigenvalue weighted by atomic mass is 19.4. The van der Waals surface area contributed by atoms with Crippen LogP contribution in [0.15, 0.2) is 48.5 Å². The van der Waals surface area contributed by atoms with Crippen molar-refractivity contribution in [3.05, 3.63) is 65.2 Å². The van der Waals surface area contributed by atoms with Crippen LogP contribution < -0.4 is 4.74 Å². The van der Waals surface area contributed by atoms with E-state index in [1.54, 1.807) is 0 Å². The van der Waals surface area contributed by atoms with Crippen molar-refractivity contribution in [1.29, 1.82) is 0 Å². The van der Waals surface area contributed by atoms with Crippen molar-refractivity contribution < 1.29 is 22.7 Å². The van der Waals surface area contributed by atoms with Crippen LogP contribution in [0.25, 0.3) is 0 Å². The SMILES string of the molecule is O=Cc1cc(OCCc2ccccc2)cc(C(F)(F)F)c1. The molecule has 0 unspecified atom stereocenters. The molecule has 0 aliphatic rings. The molecule has 0 heterocycles. The number of hydrogen-bond acceptors (Lipinski definition) is 2. The van der Waals surface area contributed by atoms with Gasteiger partial charge in [0.1, 0.15) is 12.0 Å². The minimum Gasteiger partial charge on any atom is -0.493 e. The Bertz CT molecular complexity index is 607. The summed E-state index contributed by atoms with van der Waals surface area (Å²) in [5, 5.41) is 0. The Morgan fingerprint density at radius 1 is 1.05 bits per heavy atom. The van der Waals surface area contributed by atoms with Gasteiger partial charge in [-0.05, 0) is 23.8 Å². The van der Waals surface area contributed by atoms with E-state index in [0.29, 0.717) is 12.7 Å². The minimum atomic E-state index is -4.50. The van der Waals surface area contributed by atoms with Crippen molar-refractivity contribution in [3.8, 4) is 5.75 Å². The Morgan fingerprint density at radius 3 is 2.38 bits per heavy atom. The van der Waals surface area contributed by atoms with Crippen molar-refractivity contribution in [2.45, 2.75) is 12.6 Å². The van der Waals surface area contributed by atoms with Gasteiger partial charge in [0, 0.05) is 12.0 Å². The highest BCUT2D eigenvalue weighted by Gasteiger charge is 2.31. The number of halogens is 3. The quantitative estimate of drug-likeness (QED) is 0.775. The average Bonchev–Trinajstić information content (AvgIpc) is 2.47. The maximum atomic E-state index is 12.7. The largest absolute Gasteiger partial charge is 0.493 e. The molecule has 2 aromatic rings. The zero-order valence-corrected chi connectivity index (χ0v) is 11.1. The van der Waals surface area contributed by atoms with Gasteiger partial charge in [-0.1, -0.05) is 30.3 Å². The summed E-state index contributed by atoms with van der Waals surface area (Å²) in [5.74, 6) is 0.0443. The first-order chi connectivity index (χ1) is 9.99. The molecule has 0 amide bonds. The molecule has 0 aliphatic carbocycles. The summed E-state index contributed by atoms with van der Waals surface area (Å²) in [6.07, 6.45) is -3.55. The summed E-state index contributed by atoms with van der Waals surface area (Å²) in [7, 11) is 0. The Hall–Kier alpha value is -2.30. The van der Waals surface area contributed by atoms with Crippen molar-refractivity contribution in [2.24, 2.45) is 0 Å². The molecule has 0 aromatic heterocycles. The van der Waals surface area contributed by atoms with Gasteiger partial charge in [0.25, 0.3) is 0 Å². The fourth-order valence-electron chi connectivity index (χ4n) is 1.87. The van der Waals surface area contributed by atoms with E-state index >= 15 is 0 Å². The van der Waals surface area contributed by atoms with Crippen LogP contribution >= 0.6 is 0 Å². The van der Waals surface area contributed by atoms with Gasteiger partial charge in [-0.3, -0.25) is 4.79 Å². The summed E-state index contributed by atoms with van der Waals surface area (Å²) in [6.45, 7) is 0.240. The molecule has 0 spiro atoms. The van der Waals surface area contributed by atoms with Crippen LogP contribution in [0.1, 0.15) is 21.5 Å². The van der Waals surface area contributed by atoms with Crippen molar-refractivity contribution >= 4 is 6.29 Å². The van der Waals surface area contributed by atoms with Gasteiger partial charge < -0.3 is 4.74 Å². The second kappa shape index (κ2) is 6.43. The third-order valence-electron chi connectivity index (χ3n) is 2.89. The normalized spacial score (nSPS) is 11.2. The summed E-state index contributed by atoms with van der Waals surface area (Å²) in [6, 6.07) is 12.5. The lowest BCUT2D eigenvalue weighted by Crippen LogP contribution is -2.07. The van der Waals surface area contributed by atoms with Crippen LogP contribution in [0.3, 0.4) is 0 Å². The first kappa shape index (κ1) is 15.1. The van der Waals surface area contributed by atoms with E-state index in [9.17, 15) is 18.0 Å². The second-order valence-corrected chi connectivity index (χ2v) is 4.49. The number of rotatable bonds is 5. The first-order valence-electron chi connectivity index (χ1n) is 6.33. The Labute approximate surface area is 120 Å². The maximum Gasteiger partial charge on any atom is 0.416 e. The lowest BCUT2D eigenvalue weighted by Gasteiger charge is -2.11. The number of carbonyl (C=O) groups is 1. The molecule has 0 aliphatic heterocycles. The average molecular weight is 294 g/mol. The van der Waals surface area contributed by atoms with Crippen LogP contribution in [0.2, 0.25) is 0 Å². The number of hydrogen-bond donors (Lipinski definition) is 0. The zero-order chi connectivity index (χ0) is 15.3. The monoisotopic (exact) mass is 294 g/mol. The predicted molar refractivity (Wildman–Crippen MR) is 72.5 cm³/mol. The number of alkyl halides is 3. The van der Waals surface area contributed by atoms with Gasteiger partial charge in [0.05, 0.1) is 12.2 Å². The van der Waals surface area contributed by atoms with Crippen molar-refractivity contribution in [3.63, 3.8) is 0 Å². The maximum absolute atomic E-state index is 12.7. The van der Waals surface area contributed by atoms with Crippen LogP contribution in [-0.2, 0) is 12.6 Å². The topological polar surface area (TPSA) is 26.3 Å². The molecule has 0 bridgehead atoms. The number of benzene rings is 2. The van der Waals surface area contributed by atoms with Gasteiger partial charge in [-0.25, -0.2) is 0 Å². The number of aldehydes is 1. The zero-order valence-electron chi connectivity index (χ0n) is 11.1. The molecule has 2 nitrogen and oxygen atoms in total. The Balaban J connectivity index is 2.07. The summed E-state index contributed by atoms with van der Waals surface area (Å²) < 4.78 is 43.4. The molecule has 21 heavy (non-hydrogen) atoms. The van der Waals surface area contributed by atoms with E-state index < -0.39 is 11.7 Å². The van der Waals surface area contributed by atoms with Crippen LogP contribution in [0.5, 0.6) is 5.75 Å². The van der Waals surface area contributed by atoms with Crippen molar-refractivity contribution in [1.82, 2.24) is 0 Å². The Morgan fingerprint density at radius 2 is 1.76 bits per heavy atom. The predicted octanol–water partition coefficient (Wildman–Crippen LogP) is 4.14. The molecule has 0 fully saturated rings. The fraction of sp³-hybridized carbons (Fsp3) is 0.188. The van der Waals surface area contributed by atoms with E-state index in [4.69, 9.17) is 4.74 Å². The van der Waals surface area contributed by atoms with Crippen LogP contribution in [0.4, 0.5) is 13.2 Å². The molecule has 2 aromatic carbocycles. The molecule has 110 valence electrons. The molecular weight excluding hydrogens is 281 g/mol. The van der Waals surface area contributed by atoms with E-state index in [0.717, 1.165) is 17.7 Å². The lowest BCUT2D eigenvalue weighted by atomic mass is 10.1. The van der Waals surface area contributed by atoms with E-state index in [-0.39, 0.29) is 17.9 Å². The molecule has 0 radical (unpaired) electrons. The van der Waals surface area contributed by atoms with Crippen LogP contribution in [-0.4, -0.2) is 12.9 Å². The van der Waals surface area contributed by atoms with Gasteiger partial charge >= 0.3 is 6.18 Å². The molecule has 0 N–H and O–H groups in total. The van der Waals surface area contributed by atoms with E-state index in [2.05, 4.69) is 0 Å². The van der Waals surface area contributed by atoms with E-state index in [1.807, 2.05) is 30.3 Å². The van der Waals surface area contributed by atoms with Crippen molar-refractivity contribution in [2.75, 3.05) is 6.61 Å². The van der Waals surface area contributed by atoms with E-state index in [1.165, 1.54) is 6.07 Å². The van der Waals surface area contributed by atoms with Crippen LogP contribution in [0, 0.1) is 0 Å². The molecule has 0 saturated heterocycles. The smallest absolute Gasteiger partial charge is 0.416 e. The minimum absolute atomic E-state index is 0.0443. The Kier molecular flexibility index (Phi) is 4.62. The molecule has 0 saturated carbocycles. The first-order valence-corrected chi connectivity index (χ1v) is 6.33. The highest BCUT2D eigenvalue weighted by Crippen LogP contribution is 2.32. The standard InChI is InChI=1S/C16H13F3O2/c17-16(18,19)14-8-13(11-20)9-15(10-14)21-7-6-12-4-2-1-3-5-12/h1-5,8-11H,6-7H2. The summed E-state index contributed by atoms with van der Waals surface area (Å²) in [4.78, 5) is 10.7. The highest BCUT2D eigenvalue weighted by molar-refractivity contribution is 5.76. The lowest BCUT2D eigenvalue weighted by molar-refractivity contribution is -0.137. The molecule has 5 heteroatoms. The third-order valence-corrected chi connectivity index (χ3v) is 2.89. The number of ether oxygens (including phenoxy) is 1. The molecular formula is C16H13F3O2. The second-order valence-electron chi connectivity index (χ2n) is 4.49. The number of carbonyl (C=O) groups excluding carboxylic acids is 1. The summed E-state index contributed by atoms with van der Waals surface area (Å²) >= 11 is 0. The van der Waals surface area contributed by atoms with Gasteiger partial charge in [-0.15, -0.1) is 0 Å². The summed E-state index contributed by atoms with van der Waals surface area (Å²) in [5.41, 5.74) is 0.0847. The van der Waals surface area contributed by atoms with Gasteiger partial charge in [0.2, 0.25) is 0 Å².